The maximum atomic E-state index is 4.99. The van der Waals surface area contributed by atoms with Gasteiger partial charge in [-0.05, 0) is 147 Å². The molecule has 6 aromatic heterocycles. The fraction of sp³-hybridized carbons (Fsp3) is 0. The van der Waals surface area contributed by atoms with Gasteiger partial charge in [-0.2, -0.15) is 0 Å². The Morgan fingerprint density at radius 1 is 0.143 bits per heavy atom. The topological polar surface area (TPSA) is 155 Å². The number of hydrogen-bond acceptors (Lipinski definition) is 12. The number of hydrogen-bond donors (Lipinski definition) is 0. The fourth-order valence-electron chi connectivity index (χ4n) is 16.6. The number of aromatic nitrogens is 12. The van der Waals surface area contributed by atoms with Crippen molar-refractivity contribution in [3.05, 3.63) is 437 Å². The molecule has 18 aromatic carbocycles. The second kappa shape index (κ2) is 33.1. The third kappa shape index (κ3) is 15.4. The van der Waals surface area contributed by atoms with E-state index in [9.17, 15) is 0 Å². The first-order valence-corrected chi connectivity index (χ1v) is 41.9. The zero-order valence-electron chi connectivity index (χ0n) is 67.9. The quantitative estimate of drug-likeness (QED) is 0.114. The Hall–Kier alpha value is -17.2. The highest BCUT2D eigenvalue weighted by Gasteiger charge is 2.20. The summed E-state index contributed by atoms with van der Waals surface area (Å²) in [6, 6.07) is 144. The summed E-state index contributed by atoms with van der Waals surface area (Å²) in [5, 5.41) is 19.7. The van der Waals surface area contributed by atoms with E-state index >= 15 is 0 Å². The molecule has 0 saturated carbocycles. The summed E-state index contributed by atoms with van der Waals surface area (Å²) in [5.41, 5.74) is 15.8. The van der Waals surface area contributed by atoms with Gasteiger partial charge in [0, 0.05) is 95.9 Å². The zero-order chi connectivity index (χ0) is 83.6. The molecule has 0 radical (unpaired) electrons. The number of nitrogens with zero attached hydrogens (tertiary/aromatic N) is 12. The van der Waals surface area contributed by atoms with Crippen molar-refractivity contribution in [3.8, 4) is 136 Å². The third-order valence-electron chi connectivity index (χ3n) is 23.2. The summed E-state index contributed by atoms with van der Waals surface area (Å²) < 4.78 is 0. The molecule has 0 aliphatic carbocycles. The van der Waals surface area contributed by atoms with Crippen molar-refractivity contribution in [3.63, 3.8) is 0 Å². The highest BCUT2D eigenvalue weighted by Crippen LogP contribution is 2.38. The summed E-state index contributed by atoms with van der Waals surface area (Å²) in [7, 11) is 0. The van der Waals surface area contributed by atoms with Crippen molar-refractivity contribution in [1.29, 1.82) is 0 Å². The molecule has 12 nitrogen and oxygen atoms in total. The van der Waals surface area contributed by atoms with Crippen LogP contribution in [0.25, 0.3) is 233 Å². The molecule has 24 rings (SSSR count). The van der Waals surface area contributed by atoms with Gasteiger partial charge in [0.2, 0.25) is 0 Å². The minimum atomic E-state index is 0.633. The molecular weight excluding hydrogens is 1540 g/mol. The lowest BCUT2D eigenvalue weighted by Crippen LogP contribution is -2.00. The molecular formula is C114H72N12. The van der Waals surface area contributed by atoms with E-state index in [1.165, 1.54) is 43.1 Å². The Labute approximate surface area is 725 Å². The molecule has 0 fully saturated rings. The highest BCUT2D eigenvalue weighted by molar-refractivity contribution is 5.98. The molecule has 6 heterocycles. The van der Waals surface area contributed by atoms with Gasteiger partial charge in [0.05, 0.1) is 16.9 Å². The first-order chi connectivity index (χ1) is 62.3. The van der Waals surface area contributed by atoms with E-state index in [1.54, 1.807) is 0 Å². The Kier molecular flexibility index (Phi) is 19.7. The predicted octanol–water partition coefficient (Wildman–Crippen LogP) is 28.2. The van der Waals surface area contributed by atoms with Crippen molar-refractivity contribution < 1.29 is 0 Å². The molecule has 0 aliphatic rings. The van der Waals surface area contributed by atoms with Gasteiger partial charge in [-0.3, -0.25) is 15.0 Å². The van der Waals surface area contributed by atoms with Crippen LogP contribution in [0.1, 0.15) is 0 Å². The van der Waals surface area contributed by atoms with Crippen LogP contribution in [-0.4, -0.2) is 59.8 Å². The lowest BCUT2D eigenvalue weighted by atomic mass is 10.00. The Bertz CT molecular complexity index is 7670. The highest BCUT2D eigenvalue weighted by atomic mass is 15.1. The number of fused-ring (bicyclic) bond motifs is 9. The van der Waals surface area contributed by atoms with E-state index in [-0.39, 0.29) is 0 Å². The molecule has 0 N–H and O–H groups in total. The van der Waals surface area contributed by atoms with E-state index in [4.69, 9.17) is 54.8 Å². The molecule has 0 bridgehead atoms. The van der Waals surface area contributed by atoms with Crippen LogP contribution in [0.15, 0.2) is 437 Å². The molecule has 0 aliphatic heterocycles. The smallest absolute Gasteiger partial charge is 0.164 e. The van der Waals surface area contributed by atoms with Crippen molar-refractivity contribution in [2.24, 2.45) is 0 Å². The standard InChI is InChI=1S/3C38H24N4/c1-3-10-30-23-32(19-13-25(30)7-1)37-40-36(41-38(42-37)33-20-14-26-8-2-4-11-31(26)24-33)29-17-15-28(16-18-29)35-34-12-6-5-9-27(34)21-22-39-35;1-3-9-29-21-32(19-13-25(29)7-1)37-40-36(41-38(42-37)33-20-14-26-8-2-4-10-30(26)22-33)28-17-15-27(16-18-28)35-23-31-11-5-6-12-34(31)24-39-35;1-3-9-29-23-31(19-13-25(29)7-1)37-40-36(41-38(42-37)32-20-14-26-8-2-4-10-30(26)24-32)28-17-15-27(16-18-28)33-21-22-39-35-12-6-5-11-34(33)35/h3*1-24H. The van der Waals surface area contributed by atoms with Crippen molar-refractivity contribution in [2.45, 2.75) is 0 Å². The second-order valence-electron chi connectivity index (χ2n) is 31.2. The van der Waals surface area contributed by atoms with Crippen LogP contribution in [0, 0.1) is 0 Å². The summed E-state index contributed by atoms with van der Waals surface area (Å²) >= 11 is 0. The van der Waals surface area contributed by atoms with Crippen LogP contribution in [0.3, 0.4) is 0 Å². The first kappa shape index (κ1) is 75.0. The maximum absolute atomic E-state index is 4.99. The van der Waals surface area contributed by atoms with Crippen LogP contribution >= 0.6 is 0 Å². The fourth-order valence-corrected chi connectivity index (χ4v) is 16.6. The summed E-state index contributed by atoms with van der Waals surface area (Å²) in [4.78, 5) is 58.7. The normalized spacial score (nSPS) is 11.3. The van der Waals surface area contributed by atoms with Crippen LogP contribution in [0.4, 0.5) is 0 Å². The molecule has 24 aromatic rings. The van der Waals surface area contributed by atoms with Crippen LogP contribution in [0.2, 0.25) is 0 Å². The van der Waals surface area contributed by atoms with E-state index in [1.807, 2.05) is 42.9 Å². The number of pyridine rings is 3. The van der Waals surface area contributed by atoms with Crippen LogP contribution < -0.4 is 0 Å². The number of para-hydroxylation sites is 1. The third-order valence-corrected chi connectivity index (χ3v) is 23.2. The van der Waals surface area contributed by atoms with E-state index in [0.29, 0.717) is 52.4 Å². The Morgan fingerprint density at radius 3 is 0.754 bits per heavy atom. The lowest BCUT2D eigenvalue weighted by molar-refractivity contribution is 1.07. The average molecular weight is 1610 g/mol. The molecule has 0 atom stereocenters. The van der Waals surface area contributed by atoms with E-state index < -0.39 is 0 Å². The minimum absolute atomic E-state index is 0.633. The van der Waals surface area contributed by atoms with Gasteiger partial charge in [0.25, 0.3) is 0 Å². The van der Waals surface area contributed by atoms with E-state index in [2.05, 4.69) is 399 Å². The summed E-state index contributed by atoms with van der Waals surface area (Å²) in [6.45, 7) is 0. The molecule has 588 valence electrons. The van der Waals surface area contributed by atoms with Crippen LogP contribution in [0.5, 0.6) is 0 Å². The van der Waals surface area contributed by atoms with Gasteiger partial charge in [-0.1, -0.05) is 358 Å². The van der Waals surface area contributed by atoms with Gasteiger partial charge in [0.15, 0.2) is 52.4 Å². The predicted molar refractivity (Wildman–Crippen MR) is 516 cm³/mol. The maximum Gasteiger partial charge on any atom is 0.164 e. The number of benzene rings is 18. The largest absolute Gasteiger partial charge is 0.256 e. The summed E-state index contributed by atoms with van der Waals surface area (Å²) in [5.74, 6) is 5.80. The Balaban J connectivity index is 0.000000112. The van der Waals surface area contributed by atoms with Crippen molar-refractivity contribution in [1.82, 2.24) is 59.8 Å². The lowest BCUT2D eigenvalue weighted by Gasteiger charge is -2.11. The zero-order valence-corrected chi connectivity index (χ0v) is 67.9. The van der Waals surface area contributed by atoms with Gasteiger partial charge in [0.1, 0.15) is 0 Å². The molecule has 126 heavy (non-hydrogen) atoms. The SMILES string of the molecule is c1ccc2cc(-c3nc(-c4ccc(-c5cc6ccccc6cn5)cc4)nc(-c4ccc5ccccc5c4)n3)ccc2c1.c1ccc2cc(-c3nc(-c4ccc(-c5ccnc6ccccc56)cc4)nc(-c4ccc5ccccc5c4)n3)ccc2c1.c1ccc2cc(-c3nc(-c4ccc(-c5nccc6ccccc56)cc4)nc(-c4ccc5ccccc5c4)n3)ccc2c1. The van der Waals surface area contributed by atoms with Crippen LogP contribution in [-0.2, 0) is 0 Å². The molecule has 0 unspecified atom stereocenters. The summed E-state index contributed by atoms with van der Waals surface area (Å²) in [6.07, 6.45) is 5.66. The molecule has 0 amide bonds. The van der Waals surface area contributed by atoms with Gasteiger partial charge >= 0.3 is 0 Å². The monoisotopic (exact) mass is 1610 g/mol. The van der Waals surface area contributed by atoms with Gasteiger partial charge < -0.3 is 0 Å². The van der Waals surface area contributed by atoms with Gasteiger partial charge in [-0.25, -0.2) is 44.9 Å². The van der Waals surface area contributed by atoms with Gasteiger partial charge in [-0.15, -0.1) is 0 Å². The Morgan fingerprint density at radius 2 is 0.397 bits per heavy atom. The molecule has 12 heteroatoms. The number of rotatable bonds is 12. The van der Waals surface area contributed by atoms with Crippen molar-refractivity contribution in [2.75, 3.05) is 0 Å². The molecule has 0 saturated heterocycles. The first-order valence-electron chi connectivity index (χ1n) is 41.9. The van der Waals surface area contributed by atoms with Crippen molar-refractivity contribution >= 4 is 97.1 Å². The second-order valence-corrected chi connectivity index (χ2v) is 31.2. The van der Waals surface area contributed by atoms with E-state index in [0.717, 1.165) is 138 Å². The average Bonchev–Trinajstić information content (AvgIpc) is 0.785. The minimum Gasteiger partial charge on any atom is -0.256 e. The molecule has 0 spiro atoms.